The molecule has 0 aromatic carbocycles. The molecule has 0 saturated heterocycles. The van der Waals surface area contributed by atoms with E-state index in [1.807, 2.05) is 12.4 Å². The first kappa shape index (κ1) is 16.9. The largest absolute Gasteiger partial charge is 0.353 e. The van der Waals surface area contributed by atoms with Gasteiger partial charge < -0.3 is 10.2 Å². The van der Waals surface area contributed by atoms with E-state index in [9.17, 15) is 0 Å². The molecule has 0 aliphatic heterocycles. The molecule has 0 amide bonds. The molecule has 0 radical (unpaired) electrons. The molecule has 0 aliphatic rings. The molecule has 114 valence electrons. The van der Waals surface area contributed by atoms with Gasteiger partial charge in [-0.15, -0.1) is 0 Å². The Morgan fingerprint density at radius 2 is 1.85 bits per heavy atom. The van der Waals surface area contributed by atoms with Crippen LogP contribution in [-0.4, -0.2) is 28.6 Å². The maximum atomic E-state index is 4.58. The van der Waals surface area contributed by atoms with Crippen molar-refractivity contribution in [2.75, 3.05) is 11.4 Å². The molecule has 0 spiro atoms. The van der Waals surface area contributed by atoms with Gasteiger partial charge in [-0.2, -0.15) is 0 Å². The maximum absolute atomic E-state index is 4.58. The molecule has 0 unspecified atom stereocenters. The molecule has 4 nitrogen and oxygen atoms in total. The fraction of sp³-hybridized carbons (Fsp3) is 0.750. The van der Waals surface area contributed by atoms with Gasteiger partial charge in [0.1, 0.15) is 5.82 Å². The molecule has 1 rings (SSSR count). The van der Waals surface area contributed by atoms with Crippen LogP contribution in [0.25, 0.3) is 0 Å². The van der Waals surface area contributed by atoms with E-state index in [-0.39, 0.29) is 0 Å². The smallest absolute Gasteiger partial charge is 0.147 e. The monoisotopic (exact) mass is 278 g/mol. The van der Waals surface area contributed by atoms with Crippen LogP contribution < -0.4 is 10.2 Å². The summed E-state index contributed by atoms with van der Waals surface area (Å²) in [5.41, 5.74) is 1.000. The molecule has 0 saturated carbocycles. The van der Waals surface area contributed by atoms with Crippen molar-refractivity contribution in [3.05, 3.63) is 18.1 Å². The summed E-state index contributed by atoms with van der Waals surface area (Å²) in [6, 6.07) is 0.929. The topological polar surface area (TPSA) is 41.1 Å². The minimum Gasteiger partial charge on any atom is -0.353 e. The lowest BCUT2D eigenvalue weighted by Gasteiger charge is -2.27. The Hall–Kier alpha value is -1.16. The number of unbranched alkanes of at least 4 members (excludes halogenated alkanes) is 2. The molecule has 1 aromatic rings. The van der Waals surface area contributed by atoms with Crippen LogP contribution in [0.1, 0.15) is 59.6 Å². The Morgan fingerprint density at radius 1 is 1.10 bits per heavy atom. The van der Waals surface area contributed by atoms with Crippen LogP contribution in [0.15, 0.2) is 12.4 Å². The Morgan fingerprint density at radius 3 is 2.35 bits per heavy atom. The third-order valence-corrected chi connectivity index (χ3v) is 3.30. The molecule has 0 bridgehead atoms. The number of nitrogens with one attached hydrogen (secondary N) is 1. The highest BCUT2D eigenvalue weighted by molar-refractivity contribution is 5.36. The Balaban J connectivity index is 2.62. The first-order valence-corrected chi connectivity index (χ1v) is 7.85. The van der Waals surface area contributed by atoms with Crippen LogP contribution in [-0.2, 0) is 6.54 Å². The highest BCUT2D eigenvalue weighted by Crippen LogP contribution is 2.14. The van der Waals surface area contributed by atoms with Crippen LogP contribution >= 0.6 is 0 Å². The van der Waals surface area contributed by atoms with Crippen LogP contribution in [0.5, 0.6) is 0 Å². The van der Waals surface area contributed by atoms with Gasteiger partial charge >= 0.3 is 0 Å². The average Bonchev–Trinajstić information content (AvgIpc) is 2.42. The number of rotatable bonds is 9. The quantitative estimate of drug-likeness (QED) is 0.703. The van der Waals surface area contributed by atoms with Crippen molar-refractivity contribution < 1.29 is 0 Å². The van der Waals surface area contributed by atoms with Crippen molar-refractivity contribution in [3.63, 3.8) is 0 Å². The van der Waals surface area contributed by atoms with Gasteiger partial charge in [-0.05, 0) is 20.3 Å². The summed E-state index contributed by atoms with van der Waals surface area (Å²) in [7, 11) is 0. The van der Waals surface area contributed by atoms with E-state index in [1.165, 1.54) is 19.3 Å². The standard InChI is InChI=1S/C16H30N4/c1-6-7-8-9-20(14(4)5)16-12-18-15(11-19-16)10-17-13(2)3/h11-14,17H,6-10H2,1-5H3. The maximum Gasteiger partial charge on any atom is 0.147 e. The van der Waals surface area contributed by atoms with Crippen molar-refractivity contribution >= 4 is 5.82 Å². The van der Waals surface area contributed by atoms with E-state index in [4.69, 9.17) is 0 Å². The Kier molecular flexibility index (Phi) is 7.52. The Labute approximate surface area is 124 Å². The van der Waals surface area contributed by atoms with Gasteiger partial charge in [0, 0.05) is 25.2 Å². The highest BCUT2D eigenvalue weighted by Gasteiger charge is 2.11. The van der Waals surface area contributed by atoms with Gasteiger partial charge in [-0.25, -0.2) is 4.98 Å². The first-order valence-electron chi connectivity index (χ1n) is 7.85. The molecule has 0 atom stereocenters. The molecular formula is C16H30N4. The lowest BCUT2D eigenvalue weighted by molar-refractivity contribution is 0.578. The molecule has 20 heavy (non-hydrogen) atoms. The highest BCUT2D eigenvalue weighted by atomic mass is 15.2. The van der Waals surface area contributed by atoms with Gasteiger partial charge in [0.2, 0.25) is 0 Å². The van der Waals surface area contributed by atoms with Crippen molar-refractivity contribution in [3.8, 4) is 0 Å². The van der Waals surface area contributed by atoms with Gasteiger partial charge in [0.15, 0.2) is 0 Å². The van der Waals surface area contributed by atoms with Crippen molar-refractivity contribution in [1.29, 1.82) is 0 Å². The zero-order valence-corrected chi connectivity index (χ0v) is 13.7. The van der Waals surface area contributed by atoms with Gasteiger partial charge in [-0.1, -0.05) is 33.6 Å². The van der Waals surface area contributed by atoms with E-state index in [0.29, 0.717) is 12.1 Å². The van der Waals surface area contributed by atoms with Crippen LogP contribution in [0.4, 0.5) is 5.82 Å². The average molecular weight is 278 g/mol. The number of aromatic nitrogens is 2. The molecule has 4 heteroatoms. The predicted octanol–water partition coefficient (Wildman–Crippen LogP) is 3.38. The first-order chi connectivity index (χ1) is 9.54. The van der Waals surface area contributed by atoms with Crippen LogP contribution in [0, 0.1) is 0 Å². The lowest BCUT2D eigenvalue weighted by Crippen LogP contribution is -2.32. The predicted molar refractivity (Wildman–Crippen MR) is 86.0 cm³/mol. The summed E-state index contributed by atoms with van der Waals surface area (Å²) in [6.45, 7) is 12.8. The van der Waals surface area contributed by atoms with E-state index in [2.05, 4.69) is 54.8 Å². The normalized spacial score (nSPS) is 11.3. The fourth-order valence-corrected chi connectivity index (χ4v) is 2.07. The third-order valence-electron chi connectivity index (χ3n) is 3.30. The zero-order valence-electron chi connectivity index (χ0n) is 13.7. The molecule has 0 aliphatic carbocycles. The zero-order chi connectivity index (χ0) is 15.0. The van der Waals surface area contributed by atoms with Crippen molar-refractivity contribution in [1.82, 2.24) is 15.3 Å². The Bertz CT molecular complexity index is 359. The van der Waals surface area contributed by atoms with E-state index in [0.717, 1.165) is 24.6 Å². The summed E-state index contributed by atoms with van der Waals surface area (Å²) in [5, 5.41) is 3.36. The second-order valence-corrected chi connectivity index (χ2v) is 5.90. The van der Waals surface area contributed by atoms with Gasteiger partial charge in [0.05, 0.1) is 18.1 Å². The van der Waals surface area contributed by atoms with Crippen LogP contribution in [0.2, 0.25) is 0 Å². The van der Waals surface area contributed by atoms with Crippen molar-refractivity contribution in [2.45, 2.75) is 72.5 Å². The van der Waals surface area contributed by atoms with Gasteiger partial charge in [-0.3, -0.25) is 4.98 Å². The summed E-state index contributed by atoms with van der Waals surface area (Å²) >= 11 is 0. The molecule has 1 heterocycles. The molecule has 1 aromatic heterocycles. The van der Waals surface area contributed by atoms with E-state index < -0.39 is 0 Å². The summed E-state index contributed by atoms with van der Waals surface area (Å²) in [4.78, 5) is 11.4. The second-order valence-electron chi connectivity index (χ2n) is 5.90. The number of hydrogen-bond donors (Lipinski definition) is 1. The molecule has 1 N–H and O–H groups in total. The van der Waals surface area contributed by atoms with E-state index >= 15 is 0 Å². The minimum absolute atomic E-state index is 0.459. The molecule has 0 fully saturated rings. The van der Waals surface area contributed by atoms with Crippen LogP contribution in [0.3, 0.4) is 0 Å². The number of anilines is 1. The summed E-state index contributed by atoms with van der Waals surface area (Å²) in [6.07, 6.45) is 7.53. The summed E-state index contributed by atoms with van der Waals surface area (Å²) in [5.74, 6) is 0.990. The number of hydrogen-bond acceptors (Lipinski definition) is 4. The molecular weight excluding hydrogens is 248 g/mol. The minimum atomic E-state index is 0.459. The lowest BCUT2D eigenvalue weighted by atomic mass is 10.2. The van der Waals surface area contributed by atoms with Gasteiger partial charge in [0.25, 0.3) is 0 Å². The van der Waals surface area contributed by atoms with Crippen molar-refractivity contribution in [2.24, 2.45) is 0 Å². The number of nitrogens with zero attached hydrogens (tertiary/aromatic N) is 3. The summed E-state index contributed by atoms with van der Waals surface area (Å²) < 4.78 is 0. The SMILES string of the molecule is CCCCCN(c1cnc(CNC(C)C)cn1)C(C)C. The fourth-order valence-electron chi connectivity index (χ4n) is 2.07. The second kappa shape index (κ2) is 8.90. The third kappa shape index (κ3) is 5.87. The van der Waals surface area contributed by atoms with E-state index in [1.54, 1.807) is 0 Å².